The van der Waals surface area contributed by atoms with Crippen molar-refractivity contribution in [3.8, 4) is 0 Å². The van der Waals surface area contributed by atoms with Gasteiger partial charge in [0, 0.05) is 36.4 Å². The molecule has 1 aromatic heterocycles. The molecule has 5 heteroatoms. The molecule has 134 valence electrons. The lowest BCUT2D eigenvalue weighted by Gasteiger charge is -2.38. The van der Waals surface area contributed by atoms with Gasteiger partial charge in [0.15, 0.2) is 0 Å². The molecule has 0 amide bonds. The zero-order valence-corrected chi connectivity index (χ0v) is 15.1. The predicted octanol–water partition coefficient (Wildman–Crippen LogP) is 3.17. The van der Waals surface area contributed by atoms with Crippen molar-refractivity contribution in [1.82, 2.24) is 9.88 Å². The first-order chi connectivity index (χ1) is 12.1. The molecule has 0 aliphatic carbocycles. The first-order valence-electron chi connectivity index (χ1n) is 9.20. The molecule has 1 N–H and O–H groups in total. The van der Waals surface area contributed by atoms with Crippen LogP contribution in [0.15, 0.2) is 30.5 Å². The standard InChI is InChI=1S/C20H27N3O2/c1-3-15-5-6-18-17(13-15)19(7-10-21-18)23-11-8-16(9-12-23)22(4-2)14-20(24)25/h5-7,10,13,16H,3-4,8-9,11-12,14H2,1-2H3,(H,24,25). The van der Waals surface area contributed by atoms with E-state index in [9.17, 15) is 4.79 Å². The summed E-state index contributed by atoms with van der Waals surface area (Å²) in [4.78, 5) is 20.1. The molecule has 0 radical (unpaired) electrons. The van der Waals surface area contributed by atoms with E-state index in [0.717, 1.165) is 44.4 Å². The quantitative estimate of drug-likeness (QED) is 0.874. The van der Waals surface area contributed by atoms with Gasteiger partial charge >= 0.3 is 5.97 Å². The number of benzene rings is 1. The van der Waals surface area contributed by atoms with Crippen LogP contribution in [0.2, 0.25) is 0 Å². The highest BCUT2D eigenvalue weighted by atomic mass is 16.4. The van der Waals surface area contributed by atoms with Crippen molar-refractivity contribution in [2.45, 2.75) is 39.2 Å². The second-order valence-corrected chi connectivity index (χ2v) is 6.71. The van der Waals surface area contributed by atoms with Crippen LogP contribution < -0.4 is 4.90 Å². The number of fused-ring (bicyclic) bond motifs is 1. The number of hydrogen-bond donors (Lipinski definition) is 1. The normalized spacial score (nSPS) is 15.9. The second kappa shape index (κ2) is 7.83. The fourth-order valence-electron chi connectivity index (χ4n) is 3.82. The Morgan fingerprint density at radius 3 is 2.68 bits per heavy atom. The molecule has 3 rings (SSSR count). The fraction of sp³-hybridized carbons (Fsp3) is 0.500. The molecular weight excluding hydrogens is 314 g/mol. The van der Waals surface area contributed by atoms with Gasteiger partial charge in [-0.25, -0.2) is 0 Å². The summed E-state index contributed by atoms with van der Waals surface area (Å²) in [6.07, 6.45) is 4.90. The summed E-state index contributed by atoms with van der Waals surface area (Å²) in [5.74, 6) is -0.739. The van der Waals surface area contributed by atoms with Crippen molar-refractivity contribution in [2.75, 3.05) is 31.1 Å². The Morgan fingerprint density at radius 2 is 2.04 bits per heavy atom. The molecule has 25 heavy (non-hydrogen) atoms. The van der Waals surface area contributed by atoms with Gasteiger partial charge in [-0.3, -0.25) is 14.7 Å². The van der Waals surface area contributed by atoms with E-state index in [-0.39, 0.29) is 6.54 Å². The van der Waals surface area contributed by atoms with E-state index < -0.39 is 5.97 Å². The third kappa shape index (κ3) is 3.93. The van der Waals surface area contributed by atoms with Crippen molar-refractivity contribution < 1.29 is 9.90 Å². The maximum Gasteiger partial charge on any atom is 0.317 e. The summed E-state index contributed by atoms with van der Waals surface area (Å²) in [5, 5.41) is 10.3. The van der Waals surface area contributed by atoms with Gasteiger partial charge in [0.05, 0.1) is 12.1 Å². The lowest BCUT2D eigenvalue weighted by atomic mass is 10.0. The van der Waals surface area contributed by atoms with Crippen LogP contribution in [0.1, 0.15) is 32.3 Å². The monoisotopic (exact) mass is 341 g/mol. The third-order valence-electron chi connectivity index (χ3n) is 5.26. The summed E-state index contributed by atoms with van der Waals surface area (Å²) in [6, 6.07) is 8.98. The summed E-state index contributed by atoms with van der Waals surface area (Å²) >= 11 is 0. The highest BCUT2D eigenvalue weighted by Gasteiger charge is 2.25. The highest BCUT2D eigenvalue weighted by Crippen LogP contribution is 2.29. The number of aliphatic carboxylic acids is 1. The topological polar surface area (TPSA) is 56.7 Å². The van der Waals surface area contributed by atoms with Crippen LogP contribution in [0.25, 0.3) is 10.9 Å². The number of piperidine rings is 1. The third-order valence-corrected chi connectivity index (χ3v) is 5.26. The minimum absolute atomic E-state index is 0.138. The van der Waals surface area contributed by atoms with E-state index in [2.05, 4.69) is 46.0 Å². The molecule has 0 unspecified atom stereocenters. The zero-order valence-electron chi connectivity index (χ0n) is 15.1. The number of carbonyl (C=O) groups is 1. The van der Waals surface area contributed by atoms with Crippen LogP contribution in [0.5, 0.6) is 0 Å². The van der Waals surface area contributed by atoms with Crippen LogP contribution in [0.4, 0.5) is 5.69 Å². The van der Waals surface area contributed by atoms with Gasteiger partial charge in [-0.1, -0.05) is 19.9 Å². The highest BCUT2D eigenvalue weighted by molar-refractivity contribution is 5.92. The summed E-state index contributed by atoms with van der Waals surface area (Å²) < 4.78 is 0. The molecule has 2 heterocycles. The Bertz CT molecular complexity index is 739. The van der Waals surface area contributed by atoms with Gasteiger partial charge in [0.25, 0.3) is 0 Å². The predicted molar refractivity (Wildman–Crippen MR) is 101 cm³/mol. The van der Waals surface area contributed by atoms with Crippen LogP contribution >= 0.6 is 0 Å². The molecule has 0 atom stereocenters. The first kappa shape index (κ1) is 17.7. The van der Waals surface area contributed by atoms with Crippen LogP contribution in [0.3, 0.4) is 0 Å². The number of pyridine rings is 1. The van der Waals surface area contributed by atoms with Crippen molar-refractivity contribution in [3.63, 3.8) is 0 Å². The van der Waals surface area contributed by atoms with Crippen molar-refractivity contribution in [1.29, 1.82) is 0 Å². The van der Waals surface area contributed by atoms with Crippen LogP contribution in [0, 0.1) is 0 Å². The van der Waals surface area contributed by atoms with E-state index in [0.29, 0.717) is 6.04 Å². The SMILES string of the molecule is CCc1ccc2nccc(N3CCC(N(CC)CC(=O)O)CC3)c2c1. The van der Waals surface area contributed by atoms with E-state index in [1.165, 1.54) is 16.6 Å². The van der Waals surface area contributed by atoms with Gasteiger partial charge < -0.3 is 10.0 Å². The Morgan fingerprint density at radius 1 is 1.28 bits per heavy atom. The average Bonchev–Trinajstić information content (AvgIpc) is 2.65. The van der Waals surface area contributed by atoms with E-state index in [1.54, 1.807) is 0 Å². The minimum Gasteiger partial charge on any atom is -0.480 e. The van der Waals surface area contributed by atoms with Gasteiger partial charge in [-0.15, -0.1) is 0 Å². The molecule has 1 aromatic carbocycles. The number of rotatable bonds is 6. The lowest BCUT2D eigenvalue weighted by Crippen LogP contribution is -2.46. The number of hydrogen-bond acceptors (Lipinski definition) is 4. The van der Waals surface area contributed by atoms with E-state index in [1.807, 2.05) is 13.1 Å². The van der Waals surface area contributed by atoms with Crippen LogP contribution in [-0.4, -0.2) is 53.2 Å². The molecule has 1 saturated heterocycles. The number of likely N-dealkylation sites (N-methyl/N-ethyl adjacent to an activating group) is 1. The first-order valence-corrected chi connectivity index (χ1v) is 9.20. The molecule has 1 aliphatic heterocycles. The summed E-state index contributed by atoms with van der Waals surface area (Å²) in [6.45, 7) is 7.04. The van der Waals surface area contributed by atoms with E-state index >= 15 is 0 Å². The summed E-state index contributed by atoms with van der Waals surface area (Å²) in [5.41, 5.74) is 3.62. The molecule has 1 fully saturated rings. The minimum atomic E-state index is -0.739. The number of nitrogens with zero attached hydrogens (tertiary/aromatic N) is 3. The number of aromatic nitrogens is 1. The molecule has 2 aromatic rings. The van der Waals surface area contributed by atoms with Gasteiger partial charge in [0.1, 0.15) is 0 Å². The Balaban J connectivity index is 1.77. The van der Waals surface area contributed by atoms with Gasteiger partial charge in [-0.2, -0.15) is 0 Å². The Hall–Kier alpha value is -2.14. The van der Waals surface area contributed by atoms with Crippen molar-refractivity contribution in [3.05, 3.63) is 36.0 Å². The molecule has 0 saturated carbocycles. The largest absolute Gasteiger partial charge is 0.480 e. The van der Waals surface area contributed by atoms with Crippen molar-refractivity contribution in [2.24, 2.45) is 0 Å². The van der Waals surface area contributed by atoms with Gasteiger partial charge in [0.2, 0.25) is 0 Å². The fourth-order valence-corrected chi connectivity index (χ4v) is 3.82. The number of carboxylic acids is 1. The number of carboxylic acid groups (broad SMARTS) is 1. The Kier molecular flexibility index (Phi) is 5.53. The van der Waals surface area contributed by atoms with E-state index in [4.69, 9.17) is 5.11 Å². The number of anilines is 1. The lowest BCUT2D eigenvalue weighted by molar-refractivity contribution is -0.139. The molecule has 0 spiro atoms. The maximum absolute atomic E-state index is 11.0. The smallest absolute Gasteiger partial charge is 0.317 e. The second-order valence-electron chi connectivity index (χ2n) is 6.71. The zero-order chi connectivity index (χ0) is 17.8. The molecule has 1 aliphatic rings. The average molecular weight is 341 g/mol. The maximum atomic E-state index is 11.0. The van der Waals surface area contributed by atoms with Gasteiger partial charge in [-0.05, 0) is 49.6 Å². The molecular formula is C20H27N3O2. The Labute approximate surface area is 149 Å². The molecule has 5 nitrogen and oxygen atoms in total. The summed E-state index contributed by atoms with van der Waals surface area (Å²) in [7, 11) is 0. The molecule has 0 bridgehead atoms. The van der Waals surface area contributed by atoms with Crippen LogP contribution in [-0.2, 0) is 11.2 Å². The van der Waals surface area contributed by atoms with Crippen molar-refractivity contribution >= 4 is 22.6 Å². The number of aryl methyl sites for hydroxylation is 1.